The molecule has 0 unspecified atom stereocenters. The van der Waals surface area contributed by atoms with E-state index in [2.05, 4.69) is 30.1 Å². The molecule has 0 saturated heterocycles. The highest BCUT2D eigenvalue weighted by molar-refractivity contribution is 7.99. The van der Waals surface area contributed by atoms with E-state index in [-0.39, 0.29) is 5.56 Å². The normalized spacial score (nSPS) is 11.5. The first-order valence-electron chi connectivity index (χ1n) is 8.14. The Bertz CT molecular complexity index is 926. The number of hydrogen-bond acceptors (Lipinski definition) is 4. The lowest BCUT2D eigenvalue weighted by Gasteiger charge is -2.10. The lowest BCUT2D eigenvalue weighted by atomic mass is 10.1. The summed E-state index contributed by atoms with van der Waals surface area (Å²) in [7, 11) is 0. The van der Waals surface area contributed by atoms with E-state index in [1.165, 1.54) is 5.56 Å². The molecular formula is C18H22N4OS. The van der Waals surface area contributed by atoms with Crippen LogP contribution in [-0.2, 0) is 0 Å². The van der Waals surface area contributed by atoms with Crippen LogP contribution in [-0.4, -0.2) is 24.9 Å². The van der Waals surface area contributed by atoms with Crippen molar-refractivity contribution in [3.05, 3.63) is 52.1 Å². The summed E-state index contributed by atoms with van der Waals surface area (Å²) in [5.41, 5.74) is 3.34. The molecule has 0 aliphatic rings. The minimum atomic E-state index is -0.146. The van der Waals surface area contributed by atoms with Gasteiger partial charge in [0.2, 0.25) is 5.65 Å². The molecule has 5 nitrogen and oxygen atoms in total. The fourth-order valence-electron chi connectivity index (χ4n) is 2.62. The van der Waals surface area contributed by atoms with Crippen molar-refractivity contribution < 1.29 is 0 Å². The number of nitrogens with zero attached hydrogens (tertiary/aromatic N) is 4. The molecule has 126 valence electrons. The molecule has 0 bridgehead atoms. The van der Waals surface area contributed by atoms with Crippen molar-refractivity contribution in [2.45, 2.75) is 39.3 Å². The second-order valence-electron chi connectivity index (χ2n) is 6.47. The largest absolute Gasteiger partial charge is 0.300 e. The van der Waals surface area contributed by atoms with E-state index < -0.39 is 0 Å². The average Bonchev–Trinajstić information content (AvgIpc) is 2.92. The van der Waals surface area contributed by atoms with Crippen molar-refractivity contribution in [3.8, 4) is 5.69 Å². The number of rotatable bonds is 5. The van der Waals surface area contributed by atoms with Crippen LogP contribution in [0.5, 0.6) is 0 Å². The third-order valence-electron chi connectivity index (χ3n) is 3.98. The summed E-state index contributed by atoms with van der Waals surface area (Å²) >= 11 is 1.64. The van der Waals surface area contributed by atoms with Gasteiger partial charge in [0.15, 0.2) is 5.16 Å². The Morgan fingerprint density at radius 2 is 1.96 bits per heavy atom. The molecule has 0 amide bonds. The van der Waals surface area contributed by atoms with Crippen LogP contribution in [0.15, 0.2) is 40.5 Å². The first-order chi connectivity index (χ1) is 11.5. The van der Waals surface area contributed by atoms with Crippen molar-refractivity contribution in [2.75, 3.05) is 5.75 Å². The molecule has 0 spiro atoms. The van der Waals surface area contributed by atoms with Gasteiger partial charge in [0.1, 0.15) is 0 Å². The van der Waals surface area contributed by atoms with Crippen molar-refractivity contribution in [2.24, 2.45) is 5.92 Å². The van der Waals surface area contributed by atoms with Gasteiger partial charge in [-0.3, -0.25) is 13.8 Å². The van der Waals surface area contributed by atoms with Crippen molar-refractivity contribution >= 4 is 17.4 Å². The van der Waals surface area contributed by atoms with Gasteiger partial charge in [-0.2, -0.15) is 0 Å². The number of thioether (sulfide) groups is 1. The van der Waals surface area contributed by atoms with E-state index in [1.807, 2.05) is 32.2 Å². The van der Waals surface area contributed by atoms with Crippen LogP contribution >= 0.6 is 11.8 Å². The maximum absolute atomic E-state index is 12.8. The topological polar surface area (TPSA) is 52.2 Å². The smallest absolute Gasteiger partial charge is 0.279 e. The lowest BCUT2D eigenvalue weighted by molar-refractivity contribution is 0.631. The van der Waals surface area contributed by atoms with Crippen LogP contribution in [0, 0.1) is 19.8 Å². The Balaban J connectivity index is 1.99. The van der Waals surface area contributed by atoms with Crippen LogP contribution in [0.3, 0.4) is 0 Å². The second-order valence-corrected chi connectivity index (χ2v) is 7.53. The molecule has 0 atom stereocenters. The van der Waals surface area contributed by atoms with Gasteiger partial charge < -0.3 is 0 Å². The van der Waals surface area contributed by atoms with E-state index in [1.54, 1.807) is 26.9 Å². The van der Waals surface area contributed by atoms with Crippen LogP contribution in [0.25, 0.3) is 11.3 Å². The molecule has 1 aromatic carbocycles. The summed E-state index contributed by atoms with van der Waals surface area (Å²) < 4.78 is 3.43. The third kappa shape index (κ3) is 3.24. The van der Waals surface area contributed by atoms with Crippen LogP contribution in [0.1, 0.15) is 31.4 Å². The maximum atomic E-state index is 12.8. The molecule has 0 aliphatic heterocycles. The van der Waals surface area contributed by atoms with Gasteiger partial charge in [0.25, 0.3) is 0 Å². The minimum Gasteiger partial charge on any atom is -0.279 e. The molecular weight excluding hydrogens is 320 g/mol. The van der Waals surface area contributed by atoms with E-state index in [0.29, 0.717) is 11.6 Å². The molecule has 0 fully saturated rings. The van der Waals surface area contributed by atoms with Gasteiger partial charge in [0.05, 0.1) is 5.69 Å². The molecule has 3 aromatic rings. The molecule has 0 N–H and O–H groups in total. The molecule has 2 heterocycles. The summed E-state index contributed by atoms with van der Waals surface area (Å²) in [5, 5.41) is 9.07. The Hall–Kier alpha value is -2.08. The number of fused-ring (bicyclic) bond motifs is 1. The number of aryl methyl sites for hydroxylation is 2. The van der Waals surface area contributed by atoms with Crippen LogP contribution in [0.2, 0.25) is 0 Å². The Kier molecular flexibility index (Phi) is 4.76. The zero-order valence-electron chi connectivity index (χ0n) is 14.5. The number of aromatic nitrogens is 4. The number of benzene rings is 1. The Morgan fingerprint density at radius 1 is 1.17 bits per heavy atom. The van der Waals surface area contributed by atoms with E-state index >= 15 is 0 Å². The first-order valence-corrected chi connectivity index (χ1v) is 9.12. The van der Waals surface area contributed by atoms with Gasteiger partial charge in [-0.15, -0.1) is 10.2 Å². The summed E-state index contributed by atoms with van der Waals surface area (Å²) in [6.07, 6.45) is 4.77. The highest BCUT2D eigenvalue weighted by atomic mass is 32.2. The van der Waals surface area contributed by atoms with E-state index in [4.69, 9.17) is 0 Å². The fourth-order valence-corrected chi connectivity index (χ4v) is 3.77. The van der Waals surface area contributed by atoms with E-state index in [9.17, 15) is 4.79 Å². The van der Waals surface area contributed by atoms with Crippen molar-refractivity contribution in [1.29, 1.82) is 0 Å². The molecule has 0 aliphatic carbocycles. The highest BCUT2D eigenvalue weighted by Gasteiger charge is 2.13. The standard InChI is InChI=1S/C18H22N4OS/c1-12(2)7-10-24-18-20-19-16-17(23)21(8-9-22(16)18)15-6-5-13(3)11-14(15)4/h5-6,8-9,11-12H,7,10H2,1-4H3. The van der Waals surface area contributed by atoms with Gasteiger partial charge in [-0.25, -0.2) is 0 Å². The summed E-state index contributed by atoms with van der Waals surface area (Å²) in [4.78, 5) is 12.8. The lowest BCUT2D eigenvalue weighted by Crippen LogP contribution is -2.21. The van der Waals surface area contributed by atoms with Crippen LogP contribution in [0.4, 0.5) is 0 Å². The summed E-state index contributed by atoms with van der Waals surface area (Å²) in [6, 6.07) is 6.05. The summed E-state index contributed by atoms with van der Waals surface area (Å²) in [6.45, 7) is 8.45. The Morgan fingerprint density at radius 3 is 2.67 bits per heavy atom. The van der Waals surface area contributed by atoms with Crippen LogP contribution < -0.4 is 5.56 Å². The maximum Gasteiger partial charge on any atom is 0.300 e. The molecule has 24 heavy (non-hydrogen) atoms. The van der Waals surface area contributed by atoms with E-state index in [0.717, 1.165) is 28.6 Å². The molecule has 3 rings (SSSR count). The number of hydrogen-bond donors (Lipinski definition) is 0. The molecule has 6 heteroatoms. The quantitative estimate of drug-likeness (QED) is 0.664. The molecule has 2 aromatic heterocycles. The monoisotopic (exact) mass is 342 g/mol. The third-order valence-corrected chi connectivity index (χ3v) is 4.95. The zero-order chi connectivity index (χ0) is 17.3. The average molecular weight is 342 g/mol. The SMILES string of the molecule is Cc1ccc(-n2ccn3c(SCCC(C)C)nnc3c2=O)c(C)c1. The van der Waals surface area contributed by atoms with Gasteiger partial charge >= 0.3 is 5.56 Å². The highest BCUT2D eigenvalue weighted by Crippen LogP contribution is 2.19. The van der Waals surface area contributed by atoms with Crippen molar-refractivity contribution in [3.63, 3.8) is 0 Å². The minimum absolute atomic E-state index is 0.146. The molecule has 0 radical (unpaired) electrons. The second kappa shape index (κ2) is 6.81. The fraction of sp³-hybridized carbons (Fsp3) is 0.389. The Labute approximate surface area is 145 Å². The van der Waals surface area contributed by atoms with Gasteiger partial charge in [0, 0.05) is 18.1 Å². The predicted molar refractivity (Wildman–Crippen MR) is 98.2 cm³/mol. The van der Waals surface area contributed by atoms with Gasteiger partial charge in [-0.1, -0.05) is 43.3 Å². The molecule has 0 saturated carbocycles. The van der Waals surface area contributed by atoms with Gasteiger partial charge in [-0.05, 0) is 37.8 Å². The summed E-state index contributed by atoms with van der Waals surface area (Å²) in [5.74, 6) is 1.62. The zero-order valence-corrected chi connectivity index (χ0v) is 15.3. The first kappa shape index (κ1) is 16.8. The predicted octanol–water partition coefficient (Wildman–Crippen LogP) is 3.64. The van der Waals surface area contributed by atoms with Crippen molar-refractivity contribution in [1.82, 2.24) is 19.2 Å².